The van der Waals surface area contributed by atoms with Gasteiger partial charge in [0.2, 0.25) is 0 Å². The average Bonchev–Trinajstić information content (AvgIpc) is 2.85. The first-order valence-corrected chi connectivity index (χ1v) is 8.34. The molecule has 8 heteroatoms. The normalized spacial score (nSPS) is 11.0. The van der Waals surface area contributed by atoms with Crippen LogP contribution in [-0.2, 0) is 6.54 Å². The first-order chi connectivity index (χ1) is 11.8. The van der Waals surface area contributed by atoms with Crippen molar-refractivity contribution in [2.45, 2.75) is 27.3 Å². The van der Waals surface area contributed by atoms with Crippen LogP contribution in [0.25, 0.3) is 10.2 Å². The van der Waals surface area contributed by atoms with Gasteiger partial charge in [0.05, 0.1) is 23.2 Å². The number of nitro benzene ring substituents is 1. The Morgan fingerprint density at radius 1 is 1.32 bits per heavy atom. The highest BCUT2D eigenvalue weighted by Gasteiger charge is 2.17. The molecule has 3 rings (SSSR count). The summed E-state index contributed by atoms with van der Waals surface area (Å²) in [6, 6.07) is 4.30. The maximum atomic E-state index is 12.6. The highest BCUT2D eigenvalue weighted by Crippen LogP contribution is 2.25. The van der Waals surface area contributed by atoms with Crippen LogP contribution in [0.4, 0.5) is 5.69 Å². The third-order valence-electron chi connectivity index (χ3n) is 4.20. The molecule has 0 saturated carbocycles. The van der Waals surface area contributed by atoms with E-state index in [1.165, 1.54) is 40.4 Å². The zero-order valence-electron chi connectivity index (χ0n) is 13.9. The number of thiophene rings is 1. The Bertz CT molecular complexity index is 1080. The number of aryl methyl sites for hydroxylation is 3. The Morgan fingerprint density at radius 3 is 2.72 bits per heavy atom. The zero-order chi connectivity index (χ0) is 18.3. The Labute approximate surface area is 146 Å². The molecule has 1 aromatic carbocycles. The van der Waals surface area contributed by atoms with Crippen LogP contribution < -0.4 is 5.56 Å². The molecule has 0 N–H and O–H groups in total. The van der Waals surface area contributed by atoms with E-state index in [1.54, 1.807) is 6.92 Å². The van der Waals surface area contributed by atoms with E-state index in [2.05, 4.69) is 4.98 Å². The van der Waals surface area contributed by atoms with Crippen molar-refractivity contribution < 1.29 is 9.72 Å². The Balaban J connectivity index is 1.99. The number of Topliss-reactive ketones (excluding diaryl/α,β-unsaturated/α-hetero) is 1. The minimum absolute atomic E-state index is 0.115. The van der Waals surface area contributed by atoms with Crippen molar-refractivity contribution in [2.75, 3.05) is 0 Å². The number of aromatic nitrogens is 2. The number of hydrogen-bond donors (Lipinski definition) is 0. The third-order valence-corrected chi connectivity index (χ3v) is 5.31. The van der Waals surface area contributed by atoms with E-state index in [4.69, 9.17) is 0 Å². The number of nitrogens with zero attached hydrogens (tertiary/aromatic N) is 3. The highest BCUT2D eigenvalue weighted by molar-refractivity contribution is 7.18. The number of carbonyl (C=O) groups is 1. The van der Waals surface area contributed by atoms with Crippen LogP contribution in [0.3, 0.4) is 0 Å². The summed E-state index contributed by atoms with van der Waals surface area (Å²) in [6.45, 7) is 5.17. The number of fused-ring (bicyclic) bond motifs is 1. The molecule has 2 heterocycles. The van der Waals surface area contributed by atoms with Crippen molar-refractivity contribution in [1.29, 1.82) is 0 Å². The van der Waals surface area contributed by atoms with Crippen LogP contribution in [-0.4, -0.2) is 20.3 Å². The van der Waals surface area contributed by atoms with Gasteiger partial charge in [-0.25, -0.2) is 4.98 Å². The maximum Gasteiger partial charge on any atom is 0.273 e. The fraction of sp³-hybridized carbons (Fsp3) is 0.235. The predicted octanol–water partition coefficient (Wildman–Crippen LogP) is 3.17. The molecular weight excluding hydrogens is 342 g/mol. The molecule has 3 aromatic rings. The number of carbonyl (C=O) groups excluding carboxylic acids is 1. The molecule has 2 aromatic heterocycles. The molecule has 0 bridgehead atoms. The largest absolute Gasteiger partial charge is 0.292 e. The lowest BCUT2D eigenvalue weighted by Crippen LogP contribution is -2.24. The summed E-state index contributed by atoms with van der Waals surface area (Å²) in [7, 11) is 0. The molecule has 128 valence electrons. The fourth-order valence-corrected chi connectivity index (χ4v) is 3.60. The lowest BCUT2D eigenvalue weighted by atomic mass is 10.1. The number of hydrogen-bond acceptors (Lipinski definition) is 6. The Hall–Kier alpha value is -2.87. The molecule has 0 atom stereocenters. The topological polar surface area (TPSA) is 95.1 Å². The van der Waals surface area contributed by atoms with Gasteiger partial charge in [-0.3, -0.25) is 24.3 Å². The monoisotopic (exact) mass is 357 g/mol. The Kier molecular flexibility index (Phi) is 4.22. The Morgan fingerprint density at radius 2 is 2.04 bits per heavy atom. The number of ketones is 1. The first-order valence-electron chi connectivity index (χ1n) is 7.53. The summed E-state index contributed by atoms with van der Waals surface area (Å²) in [6.07, 6.45) is 1.35. The van der Waals surface area contributed by atoms with Gasteiger partial charge in [-0.15, -0.1) is 11.3 Å². The van der Waals surface area contributed by atoms with Crippen molar-refractivity contribution in [1.82, 2.24) is 9.55 Å². The van der Waals surface area contributed by atoms with Crippen LogP contribution in [0.5, 0.6) is 0 Å². The van der Waals surface area contributed by atoms with Gasteiger partial charge >= 0.3 is 0 Å². The molecule has 25 heavy (non-hydrogen) atoms. The van der Waals surface area contributed by atoms with E-state index in [0.717, 1.165) is 10.4 Å². The zero-order valence-corrected chi connectivity index (χ0v) is 14.7. The molecule has 0 spiro atoms. The quantitative estimate of drug-likeness (QED) is 0.406. The molecule has 0 amide bonds. The second-order valence-electron chi connectivity index (χ2n) is 5.82. The molecule has 0 fully saturated rings. The lowest BCUT2D eigenvalue weighted by Gasteiger charge is -2.06. The minimum atomic E-state index is -0.524. The van der Waals surface area contributed by atoms with Crippen LogP contribution in [0, 0.1) is 30.9 Å². The molecule has 0 aliphatic heterocycles. The van der Waals surface area contributed by atoms with E-state index in [0.29, 0.717) is 15.8 Å². The van der Waals surface area contributed by atoms with Gasteiger partial charge < -0.3 is 0 Å². The SMILES string of the molecule is Cc1ccc(C(=O)Cn2cnc3sc(C)c(C)c3c2=O)cc1[N+](=O)[O-]. The van der Waals surface area contributed by atoms with Gasteiger partial charge in [0.15, 0.2) is 5.78 Å². The van der Waals surface area contributed by atoms with E-state index in [1.807, 2.05) is 13.8 Å². The van der Waals surface area contributed by atoms with E-state index in [-0.39, 0.29) is 29.1 Å². The molecule has 7 nitrogen and oxygen atoms in total. The second-order valence-corrected chi connectivity index (χ2v) is 7.03. The molecular formula is C17H15N3O4S. The third kappa shape index (κ3) is 2.96. The van der Waals surface area contributed by atoms with E-state index < -0.39 is 4.92 Å². The smallest absolute Gasteiger partial charge is 0.273 e. The molecule has 0 aliphatic rings. The number of benzene rings is 1. The summed E-state index contributed by atoms with van der Waals surface area (Å²) in [5.41, 5.74) is 1.15. The number of rotatable bonds is 4. The van der Waals surface area contributed by atoms with Crippen molar-refractivity contribution >= 4 is 33.0 Å². The second kappa shape index (κ2) is 6.21. The van der Waals surface area contributed by atoms with Gasteiger partial charge in [-0.2, -0.15) is 0 Å². The molecule has 0 saturated heterocycles. The summed E-state index contributed by atoms with van der Waals surface area (Å²) in [4.78, 5) is 41.5. The summed E-state index contributed by atoms with van der Waals surface area (Å²) in [5.74, 6) is -0.379. The summed E-state index contributed by atoms with van der Waals surface area (Å²) >= 11 is 1.44. The minimum Gasteiger partial charge on any atom is -0.292 e. The average molecular weight is 357 g/mol. The van der Waals surface area contributed by atoms with Gasteiger partial charge in [0.1, 0.15) is 4.83 Å². The summed E-state index contributed by atoms with van der Waals surface area (Å²) in [5, 5.41) is 11.5. The van der Waals surface area contributed by atoms with Crippen LogP contribution in [0.2, 0.25) is 0 Å². The van der Waals surface area contributed by atoms with Crippen molar-refractivity contribution in [3.8, 4) is 0 Å². The van der Waals surface area contributed by atoms with Crippen molar-refractivity contribution in [3.05, 3.63) is 66.6 Å². The number of nitro groups is 1. The van der Waals surface area contributed by atoms with E-state index in [9.17, 15) is 19.7 Å². The highest BCUT2D eigenvalue weighted by atomic mass is 32.1. The van der Waals surface area contributed by atoms with E-state index >= 15 is 0 Å². The predicted molar refractivity (Wildman–Crippen MR) is 95.5 cm³/mol. The van der Waals surface area contributed by atoms with Crippen LogP contribution in [0.1, 0.15) is 26.4 Å². The van der Waals surface area contributed by atoms with Gasteiger partial charge in [-0.05, 0) is 26.3 Å². The fourth-order valence-electron chi connectivity index (χ4n) is 2.61. The molecule has 0 radical (unpaired) electrons. The standard InChI is InChI=1S/C17H15N3O4S/c1-9-4-5-12(6-13(9)20(23)24)14(21)7-19-8-18-16-15(17(19)22)10(2)11(3)25-16/h4-6,8H,7H2,1-3H3. The van der Waals surface area contributed by atoms with Gasteiger partial charge in [-0.1, -0.05) is 12.1 Å². The van der Waals surface area contributed by atoms with Crippen molar-refractivity contribution in [2.24, 2.45) is 0 Å². The summed E-state index contributed by atoms with van der Waals surface area (Å²) < 4.78 is 1.25. The lowest BCUT2D eigenvalue weighted by molar-refractivity contribution is -0.385. The van der Waals surface area contributed by atoms with Crippen LogP contribution >= 0.6 is 11.3 Å². The molecule has 0 unspecified atom stereocenters. The van der Waals surface area contributed by atoms with Gasteiger partial charge in [0, 0.05) is 22.1 Å². The van der Waals surface area contributed by atoms with Gasteiger partial charge in [0.25, 0.3) is 11.2 Å². The van der Waals surface area contributed by atoms with Crippen LogP contribution in [0.15, 0.2) is 29.3 Å². The van der Waals surface area contributed by atoms with Crippen molar-refractivity contribution in [3.63, 3.8) is 0 Å². The first kappa shape index (κ1) is 17.0. The molecule has 0 aliphatic carbocycles. The maximum absolute atomic E-state index is 12.6.